The van der Waals surface area contributed by atoms with Crippen LogP contribution in [-0.2, 0) is 11.3 Å². The van der Waals surface area contributed by atoms with Crippen LogP contribution in [0.1, 0.15) is 21.9 Å². The Bertz CT molecular complexity index is 506. The van der Waals surface area contributed by atoms with E-state index >= 15 is 0 Å². The van der Waals surface area contributed by atoms with Gasteiger partial charge in [0.25, 0.3) is 0 Å². The van der Waals surface area contributed by atoms with Crippen molar-refractivity contribution in [3.05, 3.63) is 23.2 Å². The van der Waals surface area contributed by atoms with Crippen LogP contribution in [0, 0.1) is 18.3 Å². The van der Waals surface area contributed by atoms with Crippen molar-refractivity contribution in [2.24, 2.45) is 5.84 Å². The SMILES string of the molecule is Cc1oc(C(=O)NN)cc1CN1CCOC(C#N)C1. The maximum Gasteiger partial charge on any atom is 0.300 e. The molecule has 1 aliphatic heterocycles. The Labute approximate surface area is 110 Å². The fraction of sp³-hybridized carbons (Fsp3) is 0.500. The van der Waals surface area contributed by atoms with Gasteiger partial charge in [0.2, 0.25) is 0 Å². The van der Waals surface area contributed by atoms with Crippen LogP contribution in [0.3, 0.4) is 0 Å². The molecule has 1 atom stereocenters. The summed E-state index contributed by atoms with van der Waals surface area (Å²) in [6.45, 7) is 4.26. The van der Waals surface area contributed by atoms with E-state index in [1.165, 1.54) is 0 Å². The van der Waals surface area contributed by atoms with Gasteiger partial charge in [-0.25, -0.2) is 5.84 Å². The second kappa shape index (κ2) is 5.84. The molecule has 102 valence electrons. The molecule has 1 saturated heterocycles. The van der Waals surface area contributed by atoms with E-state index in [9.17, 15) is 4.79 Å². The first-order chi connectivity index (χ1) is 9.13. The van der Waals surface area contributed by atoms with Crippen molar-refractivity contribution in [2.75, 3.05) is 19.7 Å². The molecule has 3 N–H and O–H groups in total. The number of ether oxygens (including phenoxy) is 1. The van der Waals surface area contributed by atoms with Crippen molar-refractivity contribution in [3.63, 3.8) is 0 Å². The van der Waals surface area contributed by atoms with E-state index in [1.54, 1.807) is 13.0 Å². The number of nitrogens with two attached hydrogens (primary N) is 1. The third-order valence-electron chi connectivity index (χ3n) is 3.06. The molecule has 1 aliphatic rings. The number of furan rings is 1. The van der Waals surface area contributed by atoms with Gasteiger partial charge in [-0.1, -0.05) is 0 Å². The summed E-state index contributed by atoms with van der Waals surface area (Å²) >= 11 is 0. The number of nitrogens with zero attached hydrogens (tertiary/aromatic N) is 2. The second-order valence-corrected chi connectivity index (χ2v) is 4.39. The van der Waals surface area contributed by atoms with Crippen LogP contribution in [0.4, 0.5) is 0 Å². The molecule has 2 heterocycles. The zero-order valence-electron chi connectivity index (χ0n) is 10.7. The van der Waals surface area contributed by atoms with Gasteiger partial charge >= 0.3 is 5.91 Å². The Morgan fingerprint density at radius 3 is 3.21 bits per heavy atom. The van der Waals surface area contributed by atoms with E-state index in [-0.39, 0.29) is 5.76 Å². The predicted molar refractivity (Wildman–Crippen MR) is 65.7 cm³/mol. The van der Waals surface area contributed by atoms with Gasteiger partial charge in [-0.15, -0.1) is 0 Å². The molecule has 19 heavy (non-hydrogen) atoms. The lowest BCUT2D eigenvalue weighted by atomic mass is 10.2. The number of amides is 1. The summed E-state index contributed by atoms with van der Waals surface area (Å²) in [7, 11) is 0. The van der Waals surface area contributed by atoms with E-state index < -0.39 is 12.0 Å². The molecular formula is C12H16N4O3. The second-order valence-electron chi connectivity index (χ2n) is 4.39. The van der Waals surface area contributed by atoms with E-state index in [0.29, 0.717) is 25.5 Å². The van der Waals surface area contributed by atoms with Crippen LogP contribution in [0.2, 0.25) is 0 Å². The summed E-state index contributed by atoms with van der Waals surface area (Å²) in [6.07, 6.45) is -0.396. The molecule has 0 spiro atoms. The van der Waals surface area contributed by atoms with E-state index in [2.05, 4.69) is 11.0 Å². The maximum atomic E-state index is 11.4. The summed E-state index contributed by atoms with van der Waals surface area (Å²) in [5.41, 5.74) is 2.95. The van der Waals surface area contributed by atoms with Gasteiger partial charge in [0.05, 0.1) is 12.7 Å². The number of nitriles is 1. The Hall–Kier alpha value is -1.88. The zero-order chi connectivity index (χ0) is 13.8. The predicted octanol–water partition coefficient (Wildman–Crippen LogP) is -0.0841. The minimum Gasteiger partial charge on any atom is -0.456 e. The lowest BCUT2D eigenvalue weighted by molar-refractivity contribution is -0.00283. The number of hydrogen-bond donors (Lipinski definition) is 2. The lowest BCUT2D eigenvalue weighted by Crippen LogP contribution is -2.41. The summed E-state index contributed by atoms with van der Waals surface area (Å²) in [5.74, 6) is 5.48. The number of aryl methyl sites for hydroxylation is 1. The molecular weight excluding hydrogens is 248 g/mol. The highest BCUT2D eigenvalue weighted by Gasteiger charge is 2.22. The van der Waals surface area contributed by atoms with Crippen molar-refractivity contribution in [2.45, 2.75) is 19.6 Å². The molecule has 1 aromatic rings. The van der Waals surface area contributed by atoms with Crippen LogP contribution in [0.5, 0.6) is 0 Å². The van der Waals surface area contributed by atoms with Gasteiger partial charge in [0.15, 0.2) is 11.9 Å². The molecule has 0 bridgehead atoms. The number of carbonyl (C=O) groups excluding carboxylic acids is 1. The molecule has 7 heteroatoms. The summed E-state index contributed by atoms with van der Waals surface area (Å²) in [5, 5.41) is 8.85. The molecule has 1 fully saturated rings. The molecule has 0 aliphatic carbocycles. The molecule has 1 amide bonds. The molecule has 0 aromatic carbocycles. The van der Waals surface area contributed by atoms with Crippen molar-refractivity contribution in [1.82, 2.24) is 10.3 Å². The highest BCUT2D eigenvalue weighted by atomic mass is 16.5. The van der Waals surface area contributed by atoms with E-state index in [4.69, 9.17) is 20.3 Å². The average molecular weight is 264 g/mol. The first-order valence-electron chi connectivity index (χ1n) is 5.98. The third kappa shape index (κ3) is 3.12. The maximum absolute atomic E-state index is 11.4. The molecule has 7 nitrogen and oxygen atoms in total. The molecule has 0 saturated carbocycles. The Morgan fingerprint density at radius 1 is 1.74 bits per heavy atom. The van der Waals surface area contributed by atoms with Gasteiger partial charge in [-0.2, -0.15) is 5.26 Å². The van der Waals surface area contributed by atoms with Crippen molar-refractivity contribution < 1.29 is 13.9 Å². The lowest BCUT2D eigenvalue weighted by Gasteiger charge is -2.29. The van der Waals surface area contributed by atoms with Gasteiger partial charge in [-0.05, 0) is 13.0 Å². The Morgan fingerprint density at radius 2 is 2.53 bits per heavy atom. The highest BCUT2D eigenvalue weighted by molar-refractivity contribution is 5.91. The fourth-order valence-electron chi connectivity index (χ4n) is 2.02. The first kappa shape index (κ1) is 13.5. The number of nitrogen functional groups attached to an aromatic ring is 1. The number of carbonyl (C=O) groups is 1. The quantitative estimate of drug-likeness (QED) is 0.449. The summed E-state index contributed by atoms with van der Waals surface area (Å²) in [6, 6.07) is 3.77. The Balaban J connectivity index is 2.05. The van der Waals surface area contributed by atoms with Gasteiger partial charge < -0.3 is 9.15 Å². The van der Waals surface area contributed by atoms with Crippen molar-refractivity contribution in [3.8, 4) is 6.07 Å². The van der Waals surface area contributed by atoms with Gasteiger partial charge in [0.1, 0.15) is 5.76 Å². The number of hydrazine groups is 1. The molecule has 0 radical (unpaired) electrons. The minimum absolute atomic E-state index is 0.195. The number of nitrogens with one attached hydrogen (secondary N) is 1. The monoisotopic (exact) mass is 264 g/mol. The number of hydrogen-bond acceptors (Lipinski definition) is 6. The van der Waals surface area contributed by atoms with Crippen LogP contribution in [-0.4, -0.2) is 36.6 Å². The standard InChI is InChI=1S/C12H16N4O3/c1-8-9(4-11(19-8)12(17)15-14)6-16-2-3-18-10(5-13)7-16/h4,10H,2-3,6-7,14H2,1H3,(H,15,17). The summed E-state index contributed by atoms with van der Waals surface area (Å²) in [4.78, 5) is 13.5. The van der Waals surface area contributed by atoms with Crippen molar-refractivity contribution >= 4 is 5.91 Å². The smallest absolute Gasteiger partial charge is 0.300 e. The van der Waals surface area contributed by atoms with Crippen LogP contribution >= 0.6 is 0 Å². The topological polar surface area (TPSA) is 105 Å². The van der Waals surface area contributed by atoms with Crippen molar-refractivity contribution in [1.29, 1.82) is 5.26 Å². The normalized spacial score (nSPS) is 19.9. The van der Waals surface area contributed by atoms with Crippen LogP contribution in [0.15, 0.2) is 10.5 Å². The zero-order valence-corrected chi connectivity index (χ0v) is 10.7. The number of rotatable bonds is 3. The van der Waals surface area contributed by atoms with E-state index in [1.807, 2.05) is 5.43 Å². The number of morpholine rings is 1. The average Bonchev–Trinajstić information content (AvgIpc) is 2.79. The van der Waals surface area contributed by atoms with Crippen LogP contribution < -0.4 is 11.3 Å². The van der Waals surface area contributed by atoms with E-state index in [0.717, 1.165) is 12.1 Å². The first-order valence-corrected chi connectivity index (χ1v) is 5.98. The molecule has 1 unspecified atom stereocenters. The summed E-state index contributed by atoms with van der Waals surface area (Å²) < 4.78 is 10.6. The van der Waals surface area contributed by atoms with Gasteiger partial charge in [0, 0.05) is 25.2 Å². The largest absolute Gasteiger partial charge is 0.456 e. The van der Waals surface area contributed by atoms with Gasteiger partial charge in [-0.3, -0.25) is 15.1 Å². The molecule has 1 aromatic heterocycles. The highest BCUT2D eigenvalue weighted by Crippen LogP contribution is 2.18. The Kier molecular flexibility index (Phi) is 4.16. The molecule has 2 rings (SSSR count). The fourth-order valence-corrected chi connectivity index (χ4v) is 2.02. The third-order valence-corrected chi connectivity index (χ3v) is 3.06. The van der Waals surface area contributed by atoms with Crippen LogP contribution in [0.25, 0.3) is 0 Å². The minimum atomic E-state index is -0.453.